The number of fused-ring (bicyclic) bond motifs is 1. The van der Waals surface area contributed by atoms with Gasteiger partial charge in [0.25, 0.3) is 11.8 Å². The summed E-state index contributed by atoms with van der Waals surface area (Å²) in [5.74, 6) is 0.830. The second-order valence-corrected chi connectivity index (χ2v) is 7.94. The van der Waals surface area contributed by atoms with Gasteiger partial charge in [0.05, 0.1) is 18.5 Å². The van der Waals surface area contributed by atoms with Crippen LogP contribution in [0, 0.1) is 12.8 Å². The fourth-order valence-corrected chi connectivity index (χ4v) is 3.55. The lowest BCUT2D eigenvalue weighted by atomic mass is 10.1. The topological polar surface area (TPSA) is 85.2 Å². The van der Waals surface area contributed by atoms with Crippen LogP contribution in [0.4, 0.5) is 5.69 Å². The van der Waals surface area contributed by atoms with E-state index in [1.165, 1.54) is 0 Å². The van der Waals surface area contributed by atoms with Gasteiger partial charge in [0.2, 0.25) is 0 Å². The van der Waals surface area contributed by atoms with Crippen LogP contribution in [-0.2, 0) is 13.0 Å². The summed E-state index contributed by atoms with van der Waals surface area (Å²) < 4.78 is 7.24. The van der Waals surface area contributed by atoms with Crippen LogP contribution in [-0.4, -0.2) is 35.0 Å². The number of aromatic nitrogens is 2. The van der Waals surface area contributed by atoms with Crippen LogP contribution >= 0.6 is 0 Å². The highest BCUT2D eigenvalue weighted by Gasteiger charge is 2.27. The molecule has 0 fully saturated rings. The van der Waals surface area contributed by atoms with E-state index in [-0.39, 0.29) is 17.6 Å². The van der Waals surface area contributed by atoms with Crippen LogP contribution in [0.1, 0.15) is 65.5 Å². The quantitative estimate of drug-likeness (QED) is 0.747. The molecule has 1 aromatic carbocycles. The van der Waals surface area contributed by atoms with Crippen molar-refractivity contribution in [2.45, 2.75) is 53.0 Å². The Morgan fingerprint density at radius 3 is 2.76 bits per heavy atom. The first-order valence-corrected chi connectivity index (χ1v) is 10.2. The summed E-state index contributed by atoms with van der Waals surface area (Å²) in [5.41, 5.74) is 2.82. The van der Waals surface area contributed by atoms with Gasteiger partial charge in [-0.3, -0.25) is 9.59 Å². The van der Waals surface area contributed by atoms with Crippen molar-refractivity contribution in [2.75, 3.05) is 19.0 Å². The highest BCUT2D eigenvalue weighted by atomic mass is 16.5. The lowest BCUT2D eigenvalue weighted by Crippen LogP contribution is -2.27. The van der Waals surface area contributed by atoms with E-state index in [4.69, 9.17) is 4.74 Å². The molecule has 2 amide bonds. The van der Waals surface area contributed by atoms with E-state index in [1.54, 1.807) is 7.11 Å². The van der Waals surface area contributed by atoms with Gasteiger partial charge >= 0.3 is 0 Å². The summed E-state index contributed by atoms with van der Waals surface area (Å²) in [6.07, 6.45) is 3.61. The first kappa shape index (κ1) is 20.9. The Labute approximate surface area is 171 Å². The fourth-order valence-electron chi connectivity index (χ4n) is 3.55. The number of nitrogens with one attached hydrogen (secondary N) is 2. The first-order chi connectivity index (χ1) is 13.9. The molecule has 0 unspecified atom stereocenters. The number of ether oxygens (including phenoxy) is 1. The van der Waals surface area contributed by atoms with Crippen LogP contribution in [0.3, 0.4) is 0 Å². The van der Waals surface area contributed by atoms with E-state index in [0.29, 0.717) is 36.1 Å². The number of nitrogens with zero attached hydrogens (tertiary/aromatic N) is 2. The number of benzene rings is 1. The summed E-state index contributed by atoms with van der Waals surface area (Å²) >= 11 is 0. The van der Waals surface area contributed by atoms with E-state index >= 15 is 0 Å². The molecular formula is C22H30N4O3. The van der Waals surface area contributed by atoms with Crippen LogP contribution in [0.25, 0.3) is 0 Å². The minimum atomic E-state index is -0.335. The minimum absolute atomic E-state index is 0.205. The van der Waals surface area contributed by atoms with Crippen molar-refractivity contribution in [1.82, 2.24) is 14.9 Å². The third kappa shape index (κ3) is 4.78. The maximum atomic E-state index is 13.0. The molecule has 1 aromatic heterocycles. The van der Waals surface area contributed by atoms with Crippen LogP contribution in [0.5, 0.6) is 5.75 Å². The zero-order valence-corrected chi connectivity index (χ0v) is 17.7. The van der Waals surface area contributed by atoms with Gasteiger partial charge in [0.1, 0.15) is 11.4 Å². The predicted octanol–water partition coefficient (Wildman–Crippen LogP) is 3.56. The molecule has 2 N–H and O–H groups in total. The number of aryl methyl sites for hydroxylation is 1. The molecular weight excluding hydrogens is 368 g/mol. The van der Waals surface area contributed by atoms with Crippen LogP contribution in [0.2, 0.25) is 0 Å². The third-order valence-electron chi connectivity index (χ3n) is 5.15. The van der Waals surface area contributed by atoms with Crippen molar-refractivity contribution in [2.24, 2.45) is 5.92 Å². The molecule has 0 bridgehead atoms. The normalized spacial score (nSPS) is 13.1. The number of hydrogen-bond acceptors (Lipinski definition) is 4. The molecule has 1 aliphatic rings. The second-order valence-electron chi connectivity index (χ2n) is 7.94. The molecule has 0 spiro atoms. The smallest absolute Gasteiger partial charge is 0.291 e. The monoisotopic (exact) mass is 398 g/mol. The largest absolute Gasteiger partial charge is 0.495 e. The van der Waals surface area contributed by atoms with Gasteiger partial charge in [-0.25, -0.2) is 4.98 Å². The van der Waals surface area contributed by atoms with Crippen molar-refractivity contribution in [3.05, 3.63) is 41.0 Å². The van der Waals surface area contributed by atoms with Crippen LogP contribution < -0.4 is 15.4 Å². The molecule has 156 valence electrons. The van der Waals surface area contributed by atoms with Gasteiger partial charge in [0.15, 0.2) is 5.82 Å². The maximum absolute atomic E-state index is 13.0. The Morgan fingerprint density at radius 2 is 2.03 bits per heavy atom. The first-order valence-electron chi connectivity index (χ1n) is 10.2. The molecule has 2 aromatic rings. The van der Waals surface area contributed by atoms with Crippen molar-refractivity contribution < 1.29 is 14.3 Å². The van der Waals surface area contributed by atoms with Gasteiger partial charge in [-0.2, -0.15) is 0 Å². The van der Waals surface area contributed by atoms with Crippen LogP contribution in [0.15, 0.2) is 18.2 Å². The van der Waals surface area contributed by atoms with Gasteiger partial charge in [-0.05, 0) is 56.2 Å². The SMILES string of the molecule is COc1ccc(C)cc1NC(=O)c1nc(C(=O)NCCC(C)C)c2n1CCCC2. The molecule has 0 aliphatic carbocycles. The third-order valence-corrected chi connectivity index (χ3v) is 5.15. The summed E-state index contributed by atoms with van der Waals surface area (Å²) in [6, 6.07) is 5.60. The number of anilines is 1. The number of imidazole rings is 1. The molecule has 29 heavy (non-hydrogen) atoms. The Morgan fingerprint density at radius 1 is 1.24 bits per heavy atom. The number of hydrogen-bond donors (Lipinski definition) is 2. The van der Waals surface area contributed by atoms with Gasteiger partial charge < -0.3 is 19.9 Å². The van der Waals surface area contributed by atoms with E-state index < -0.39 is 0 Å². The summed E-state index contributed by atoms with van der Waals surface area (Å²) in [7, 11) is 1.57. The Kier molecular flexibility index (Phi) is 6.56. The maximum Gasteiger partial charge on any atom is 0.291 e. The highest BCUT2D eigenvalue weighted by molar-refractivity contribution is 6.04. The molecule has 7 nitrogen and oxygen atoms in total. The Bertz CT molecular complexity index is 902. The van der Waals surface area contributed by atoms with Crippen molar-refractivity contribution in [3.8, 4) is 5.75 Å². The molecule has 0 saturated heterocycles. The van der Waals surface area contributed by atoms with E-state index in [1.807, 2.05) is 29.7 Å². The van der Waals surface area contributed by atoms with Gasteiger partial charge in [-0.15, -0.1) is 0 Å². The number of amides is 2. The minimum Gasteiger partial charge on any atom is -0.495 e. The lowest BCUT2D eigenvalue weighted by molar-refractivity contribution is 0.0946. The molecule has 1 aliphatic heterocycles. The standard InChI is InChI=1S/C22H30N4O3/c1-14(2)10-11-23-21(27)19-17-7-5-6-12-26(17)20(25-19)22(28)24-16-13-15(3)8-9-18(16)29-4/h8-9,13-14H,5-7,10-12H2,1-4H3,(H,23,27)(H,24,28). The number of methoxy groups -OCH3 is 1. The molecule has 0 saturated carbocycles. The van der Waals surface area contributed by atoms with Gasteiger partial charge in [-0.1, -0.05) is 19.9 Å². The Balaban J connectivity index is 1.86. The Hall–Kier alpha value is -2.83. The molecule has 2 heterocycles. The zero-order chi connectivity index (χ0) is 21.0. The zero-order valence-electron chi connectivity index (χ0n) is 17.7. The predicted molar refractivity (Wildman–Crippen MR) is 113 cm³/mol. The van der Waals surface area contributed by atoms with Crippen molar-refractivity contribution in [3.63, 3.8) is 0 Å². The number of rotatable bonds is 7. The molecule has 3 rings (SSSR count). The second kappa shape index (κ2) is 9.11. The summed E-state index contributed by atoms with van der Waals surface area (Å²) in [5, 5.41) is 5.84. The number of carbonyl (C=O) groups excluding carboxylic acids is 2. The van der Waals surface area contributed by atoms with Gasteiger partial charge in [0, 0.05) is 13.1 Å². The summed E-state index contributed by atoms with van der Waals surface area (Å²) in [6.45, 7) is 7.48. The van der Waals surface area contributed by atoms with E-state index in [9.17, 15) is 9.59 Å². The van der Waals surface area contributed by atoms with E-state index in [2.05, 4.69) is 29.5 Å². The molecule has 7 heteroatoms. The van der Waals surface area contributed by atoms with Crippen molar-refractivity contribution >= 4 is 17.5 Å². The average molecular weight is 399 g/mol. The number of carbonyl (C=O) groups is 2. The lowest BCUT2D eigenvalue weighted by Gasteiger charge is -2.17. The van der Waals surface area contributed by atoms with Crippen molar-refractivity contribution in [1.29, 1.82) is 0 Å². The highest BCUT2D eigenvalue weighted by Crippen LogP contribution is 2.27. The fraction of sp³-hybridized carbons (Fsp3) is 0.500. The summed E-state index contributed by atoms with van der Waals surface area (Å²) in [4.78, 5) is 30.2. The molecule has 0 atom stereocenters. The molecule has 0 radical (unpaired) electrons. The average Bonchev–Trinajstić information content (AvgIpc) is 3.08. The van der Waals surface area contributed by atoms with E-state index in [0.717, 1.165) is 36.9 Å².